The molecule has 7 heteroatoms. The van der Waals surface area contributed by atoms with E-state index in [4.69, 9.17) is 16.3 Å². The summed E-state index contributed by atoms with van der Waals surface area (Å²) in [7, 11) is 0. The molecule has 0 saturated heterocycles. The number of amides is 2. The molecule has 5 nitrogen and oxygen atoms in total. The molecule has 0 N–H and O–H groups in total. The van der Waals surface area contributed by atoms with E-state index < -0.39 is 0 Å². The fourth-order valence-corrected chi connectivity index (χ4v) is 5.16. The van der Waals surface area contributed by atoms with Crippen LogP contribution in [0.1, 0.15) is 49.6 Å². The van der Waals surface area contributed by atoms with E-state index in [1.54, 1.807) is 28.4 Å². The van der Waals surface area contributed by atoms with Crippen molar-refractivity contribution >= 4 is 34.8 Å². The molecule has 1 aliphatic carbocycles. The van der Waals surface area contributed by atoms with Gasteiger partial charge in [-0.3, -0.25) is 9.59 Å². The Balaban J connectivity index is 1.47. The SMILES string of the molecule is CC(C)CCN(CC(=O)N1CCc2sccc2C1COc1ccc(Cl)cc1)C(=O)C1CC1. The van der Waals surface area contributed by atoms with Gasteiger partial charge in [0.15, 0.2) is 0 Å². The normalized spacial score (nSPS) is 17.9. The fraction of sp³-hybridized carbons (Fsp3) is 0.520. The third-order valence-electron chi connectivity index (χ3n) is 6.18. The van der Waals surface area contributed by atoms with Gasteiger partial charge in [-0.05, 0) is 72.9 Å². The number of carbonyl (C=O) groups excluding carboxylic acids is 2. The van der Waals surface area contributed by atoms with Crippen molar-refractivity contribution < 1.29 is 14.3 Å². The molecular formula is C25H31ClN2O3S. The summed E-state index contributed by atoms with van der Waals surface area (Å²) in [6.07, 6.45) is 3.65. The molecule has 1 aliphatic heterocycles. The second kappa shape index (κ2) is 10.3. The van der Waals surface area contributed by atoms with Crippen LogP contribution < -0.4 is 4.74 Å². The number of ether oxygens (including phenoxy) is 1. The van der Waals surface area contributed by atoms with Gasteiger partial charge < -0.3 is 14.5 Å². The highest BCUT2D eigenvalue weighted by molar-refractivity contribution is 7.10. The first-order valence-electron chi connectivity index (χ1n) is 11.4. The van der Waals surface area contributed by atoms with Gasteiger partial charge in [0.25, 0.3) is 0 Å². The first-order chi connectivity index (χ1) is 15.4. The number of benzene rings is 1. The van der Waals surface area contributed by atoms with Gasteiger partial charge in [-0.1, -0.05) is 25.4 Å². The summed E-state index contributed by atoms with van der Waals surface area (Å²) in [6.45, 7) is 6.11. The van der Waals surface area contributed by atoms with Crippen LogP contribution in [-0.2, 0) is 16.0 Å². The number of hydrogen-bond acceptors (Lipinski definition) is 4. The van der Waals surface area contributed by atoms with E-state index in [9.17, 15) is 9.59 Å². The average Bonchev–Trinajstić information content (AvgIpc) is 3.52. The van der Waals surface area contributed by atoms with Crippen LogP contribution >= 0.6 is 22.9 Å². The van der Waals surface area contributed by atoms with Crippen molar-refractivity contribution in [2.75, 3.05) is 26.2 Å². The Morgan fingerprint density at radius 1 is 1.22 bits per heavy atom. The summed E-state index contributed by atoms with van der Waals surface area (Å²) in [4.78, 5) is 31.3. The lowest BCUT2D eigenvalue weighted by molar-refractivity contribution is -0.143. The lowest BCUT2D eigenvalue weighted by Crippen LogP contribution is -2.48. The van der Waals surface area contributed by atoms with Crippen LogP contribution in [0.25, 0.3) is 0 Å². The number of carbonyl (C=O) groups is 2. The third-order valence-corrected chi connectivity index (χ3v) is 7.43. The molecule has 1 aromatic carbocycles. The van der Waals surface area contributed by atoms with Crippen LogP contribution in [-0.4, -0.2) is 47.9 Å². The predicted molar refractivity (Wildman–Crippen MR) is 128 cm³/mol. The molecule has 0 radical (unpaired) electrons. The number of halogens is 1. The quantitative estimate of drug-likeness (QED) is 0.502. The van der Waals surface area contributed by atoms with E-state index in [1.165, 1.54) is 4.88 Å². The van der Waals surface area contributed by atoms with Crippen LogP contribution in [0.3, 0.4) is 0 Å². The summed E-state index contributed by atoms with van der Waals surface area (Å²) >= 11 is 7.72. The van der Waals surface area contributed by atoms with Crippen LogP contribution in [0, 0.1) is 11.8 Å². The van der Waals surface area contributed by atoms with Gasteiger partial charge >= 0.3 is 0 Å². The van der Waals surface area contributed by atoms with Gasteiger partial charge in [-0.25, -0.2) is 0 Å². The molecule has 1 saturated carbocycles. The summed E-state index contributed by atoms with van der Waals surface area (Å²) in [5.41, 5.74) is 1.16. The molecule has 1 fully saturated rings. The molecule has 2 heterocycles. The largest absolute Gasteiger partial charge is 0.491 e. The number of fused-ring (bicyclic) bond motifs is 1. The number of hydrogen-bond donors (Lipinski definition) is 0. The second-order valence-electron chi connectivity index (χ2n) is 9.13. The standard InChI is InChI=1S/C25H31ClN2O3S/c1-17(2)9-12-27(25(30)18-3-4-18)15-24(29)28-13-10-23-21(11-14-32-23)22(28)16-31-20-7-5-19(26)6-8-20/h5-8,11,14,17-18,22H,3-4,9-10,12-13,15-16H2,1-2H3. The van der Waals surface area contributed by atoms with E-state index in [-0.39, 0.29) is 30.3 Å². The molecular weight excluding hydrogens is 444 g/mol. The van der Waals surface area contributed by atoms with Crippen LogP contribution in [0.4, 0.5) is 0 Å². The highest BCUT2D eigenvalue weighted by Crippen LogP contribution is 2.35. The zero-order valence-corrected chi connectivity index (χ0v) is 20.3. The van der Waals surface area contributed by atoms with Crippen molar-refractivity contribution in [3.8, 4) is 5.75 Å². The van der Waals surface area contributed by atoms with Crippen molar-refractivity contribution in [1.29, 1.82) is 0 Å². The molecule has 2 aliphatic rings. The lowest BCUT2D eigenvalue weighted by atomic mass is 10.00. The van der Waals surface area contributed by atoms with Crippen molar-refractivity contribution in [1.82, 2.24) is 9.80 Å². The van der Waals surface area contributed by atoms with Gasteiger partial charge in [0.05, 0.1) is 12.6 Å². The van der Waals surface area contributed by atoms with Crippen molar-refractivity contribution in [2.45, 2.75) is 45.6 Å². The number of thiophene rings is 1. The van der Waals surface area contributed by atoms with Crippen molar-refractivity contribution in [2.24, 2.45) is 11.8 Å². The first-order valence-corrected chi connectivity index (χ1v) is 12.7. The minimum Gasteiger partial charge on any atom is -0.491 e. The van der Waals surface area contributed by atoms with Gasteiger partial charge in [0, 0.05) is 28.9 Å². The zero-order valence-electron chi connectivity index (χ0n) is 18.8. The fourth-order valence-electron chi connectivity index (χ4n) is 4.10. The molecule has 172 valence electrons. The molecule has 1 unspecified atom stereocenters. The van der Waals surface area contributed by atoms with Crippen LogP contribution in [0.15, 0.2) is 35.7 Å². The molecule has 2 aromatic rings. The van der Waals surface area contributed by atoms with Gasteiger partial charge in [0.1, 0.15) is 12.4 Å². The zero-order chi connectivity index (χ0) is 22.7. The molecule has 4 rings (SSSR count). The maximum absolute atomic E-state index is 13.5. The topological polar surface area (TPSA) is 49.9 Å². The maximum Gasteiger partial charge on any atom is 0.242 e. The van der Waals surface area contributed by atoms with E-state index in [0.29, 0.717) is 30.6 Å². The summed E-state index contributed by atoms with van der Waals surface area (Å²) in [5.74, 6) is 1.48. The van der Waals surface area contributed by atoms with E-state index in [1.807, 2.05) is 17.0 Å². The molecule has 2 amide bonds. The third kappa shape index (κ3) is 5.65. The smallest absolute Gasteiger partial charge is 0.242 e. The monoisotopic (exact) mass is 474 g/mol. The van der Waals surface area contributed by atoms with E-state index in [2.05, 4.69) is 25.3 Å². The maximum atomic E-state index is 13.5. The summed E-state index contributed by atoms with van der Waals surface area (Å²) in [5, 5.41) is 2.74. The molecule has 1 atom stereocenters. The average molecular weight is 475 g/mol. The van der Waals surface area contributed by atoms with Crippen molar-refractivity contribution in [3.63, 3.8) is 0 Å². The van der Waals surface area contributed by atoms with Gasteiger partial charge in [-0.15, -0.1) is 11.3 Å². The second-order valence-corrected chi connectivity index (χ2v) is 10.6. The Morgan fingerprint density at radius 2 is 1.97 bits per heavy atom. The number of nitrogens with zero attached hydrogens (tertiary/aromatic N) is 2. The van der Waals surface area contributed by atoms with Gasteiger partial charge in [0.2, 0.25) is 11.8 Å². The van der Waals surface area contributed by atoms with Crippen LogP contribution in [0.5, 0.6) is 5.75 Å². The Kier molecular flexibility index (Phi) is 7.41. The first kappa shape index (κ1) is 23.1. The Bertz CT molecular complexity index is 939. The van der Waals surface area contributed by atoms with E-state index in [0.717, 1.165) is 37.0 Å². The number of rotatable bonds is 9. The van der Waals surface area contributed by atoms with E-state index >= 15 is 0 Å². The predicted octanol–water partition coefficient (Wildman–Crippen LogP) is 5.19. The highest BCUT2D eigenvalue weighted by atomic mass is 35.5. The Hall–Kier alpha value is -2.05. The Morgan fingerprint density at radius 3 is 2.66 bits per heavy atom. The van der Waals surface area contributed by atoms with Crippen LogP contribution in [0.2, 0.25) is 5.02 Å². The highest BCUT2D eigenvalue weighted by Gasteiger charge is 2.37. The molecule has 1 aromatic heterocycles. The summed E-state index contributed by atoms with van der Waals surface area (Å²) < 4.78 is 6.06. The molecule has 0 bridgehead atoms. The molecule has 32 heavy (non-hydrogen) atoms. The van der Waals surface area contributed by atoms with Gasteiger partial charge in [-0.2, -0.15) is 0 Å². The molecule has 0 spiro atoms. The van der Waals surface area contributed by atoms with Crippen molar-refractivity contribution in [3.05, 3.63) is 51.2 Å². The minimum absolute atomic E-state index is 0.00399. The summed E-state index contributed by atoms with van der Waals surface area (Å²) in [6, 6.07) is 9.22. The lowest BCUT2D eigenvalue weighted by Gasteiger charge is -2.37. The Labute approximate surface area is 199 Å². The minimum atomic E-state index is -0.156.